The molecule has 3 aromatic carbocycles. The average Bonchev–Trinajstić information content (AvgIpc) is 3.44. The van der Waals surface area contributed by atoms with Gasteiger partial charge in [0.1, 0.15) is 10.7 Å². The summed E-state index contributed by atoms with van der Waals surface area (Å²) in [5.41, 5.74) is 3.37. The molecule has 0 aliphatic heterocycles. The van der Waals surface area contributed by atoms with E-state index < -0.39 is 17.8 Å². The first kappa shape index (κ1) is 34.7. The Balaban J connectivity index is 1.25. The number of amides is 3. The van der Waals surface area contributed by atoms with Crippen LogP contribution in [0, 0.1) is 11.3 Å². The highest BCUT2D eigenvalue weighted by Gasteiger charge is 2.34. The Morgan fingerprint density at radius 1 is 0.938 bits per heavy atom. The van der Waals surface area contributed by atoms with Crippen LogP contribution in [0.5, 0.6) is 0 Å². The summed E-state index contributed by atoms with van der Waals surface area (Å²) in [4.78, 5) is 54.2. The Kier molecular flexibility index (Phi) is 11.2. The first-order valence-electron chi connectivity index (χ1n) is 15.7. The van der Waals surface area contributed by atoms with E-state index in [1.807, 2.05) is 42.5 Å². The van der Waals surface area contributed by atoms with Crippen molar-refractivity contribution >= 4 is 63.6 Å². The van der Waals surface area contributed by atoms with E-state index in [1.54, 1.807) is 48.5 Å². The zero-order chi connectivity index (χ0) is 34.3. The van der Waals surface area contributed by atoms with Crippen LogP contribution in [-0.4, -0.2) is 36.6 Å². The highest BCUT2D eigenvalue weighted by Crippen LogP contribution is 2.44. The van der Waals surface area contributed by atoms with Crippen LogP contribution in [0.1, 0.15) is 63.9 Å². The van der Waals surface area contributed by atoms with Gasteiger partial charge in [-0.15, -0.1) is 23.1 Å². The zero-order valence-corrected chi connectivity index (χ0v) is 29.1. The molecule has 1 atom stereocenters. The van der Waals surface area contributed by atoms with Crippen LogP contribution in [0.25, 0.3) is 6.08 Å². The fraction of sp³-hybridized carbons (Fsp3) is 0.263. The van der Waals surface area contributed by atoms with Gasteiger partial charge in [-0.05, 0) is 78.1 Å². The largest absolute Gasteiger partial charge is 0.465 e. The molecule has 10 heteroatoms. The number of carbonyl (C=O) groups excluding carboxylic acids is 4. The van der Waals surface area contributed by atoms with Gasteiger partial charge in [0.15, 0.2) is 0 Å². The number of fused-ring (bicyclic) bond motifs is 1. The number of methoxy groups -OCH3 is 1. The summed E-state index contributed by atoms with van der Waals surface area (Å²) >= 11 is 2.77. The lowest BCUT2D eigenvalue weighted by Crippen LogP contribution is -2.30. The summed E-state index contributed by atoms with van der Waals surface area (Å²) in [6.07, 6.45) is 4.25. The van der Waals surface area contributed by atoms with Crippen molar-refractivity contribution in [2.45, 2.75) is 44.9 Å². The zero-order valence-electron chi connectivity index (χ0n) is 27.4. The Hall–Kier alpha value is -4.67. The van der Waals surface area contributed by atoms with E-state index in [0.717, 1.165) is 40.2 Å². The van der Waals surface area contributed by atoms with Crippen molar-refractivity contribution in [3.05, 3.63) is 118 Å². The van der Waals surface area contributed by atoms with Crippen molar-refractivity contribution in [2.24, 2.45) is 11.3 Å². The second-order valence-electron chi connectivity index (χ2n) is 12.6. The van der Waals surface area contributed by atoms with Crippen molar-refractivity contribution in [3.63, 3.8) is 0 Å². The lowest BCUT2D eigenvalue weighted by atomic mass is 9.72. The number of anilines is 2. The van der Waals surface area contributed by atoms with Crippen LogP contribution >= 0.6 is 23.1 Å². The number of hydrogen-bond acceptors (Lipinski definition) is 7. The van der Waals surface area contributed by atoms with Gasteiger partial charge in [0.25, 0.3) is 11.8 Å². The quantitative estimate of drug-likeness (QED) is 0.0894. The van der Waals surface area contributed by atoms with Gasteiger partial charge in [-0.2, -0.15) is 0 Å². The number of carbonyl (C=O) groups is 4. The molecular formula is C38H39N3O5S2. The molecule has 8 nitrogen and oxygen atoms in total. The molecule has 0 fully saturated rings. The third-order valence-corrected chi connectivity index (χ3v) is 10.4. The summed E-state index contributed by atoms with van der Waals surface area (Å²) in [5, 5.41) is 9.11. The molecule has 0 bridgehead atoms. The summed E-state index contributed by atoms with van der Waals surface area (Å²) in [7, 11) is 1.36. The molecular weight excluding hydrogens is 643 g/mol. The van der Waals surface area contributed by atoms with E-state index in [-0.39, 0.29) is 22.8 Å². The first-order chi connectivity index (χ1) is 23.0. The van der Waals surface area contributed by atoms with Gasteiger partial charge < -0.3 is 20.7 Å². The van der Waals surface area contributed by atoms with Crippen molar-refractivity contribution in [1.82, 2.24) is 5.32 Å². The minimum absolute atomic E-state index is 0.0846. The molecule has 3 amide bonds. The number of nitrogens with one attached hydrogen (secondary N) is 3. The van der Waals surface area contributed by atoms with Crippen LogP contribution in [0.4, 0.5) is 10.7 Å². The minimum atomic E-state index is -0.492. The number of hydrogen-bond donors (Lipinski definition) is 3. The molecule has 0 radical (unpaired) electrons. The smallest absolute Gasteiger partial charge is 0.341 e. The van der Waals surface area contributed by atoms with E-state index in [4.69, 9.17) is 4.74 Å². The monoisotopic (exact) mass is 681 g/mol. The molecule has 1 unspecified atom stereocenters. The fourth-order valence-corrected chi connectivity index (χ4v) is 7.65. The highest BCUT2D eigenvalue weighted by molar-refractivity contribution is 8.00. The summed E-state index contributed by atoms with van der Waals surface area (Å²) in [6.45, 7) is 6.71. The molecule has 1 aliphatic carbocycles. The molecule has 1 aromatic heterocycles. The van der Waals surface area contributed by atoms with Crippen LogP contribution in [0.2, 0.25) is 0 Å². The predicted octanol–water partition coefficient (Wildman–Crippen LogP) is 7.83. The third kappa shape index (κ3) is 8.81. The van der Waals surface area contributed by atoms with E-state index in [9.17, 15) is 19.2 Å². The summed E-state index contributed by atoms with van der Waals surface area (Å²) in [6, 6.07) is 25.1. The van der Waals surface area contributed by atoms with Crippen LogP contribution < -0.4 is 16.0 Å². The van der Waals surface area contributed by atoms with Gasteiger partial charge in [-0.3, -0.25) is 14.4 Å². The van der Waals surface area contributed by atoms with Crippen molar-refractivity contribution in [1.29, 1.82) is 0 Å². The molecule has 248 valence electrons. The molecule has 1 heterocycles. The number of benzene rings is 3. The molecule has 5 rings (SSSR count). The standard InChI is InChI=1S/C38H39N3O5S2/c1-38(2,3)26-18-19-29-31(21-26)48-36(33(29)37(45)46-4)41-32(42)23-47-28-17-11-16-27(22-28)39-35(44)30(20-24-12-7-5-8-13-24)40-34(43)25-14-9-6-10-15-25/h5-17,20,22,26H,18-19,21,23H2,1-4H3,(H,39,44)(H,40,43)(H,41,42)/b30-20-. The normalized spacial score (nSPS) is 14.4. The average molecular weight is 682 g/mol. The molecule has 1 aliphatic rings. The lowest BCUT2D eigenvalue weighted by molar-refractivity contribution is -0.114. The Labute approximate surface area is 289 Å². The van der Waals surface area contributed by atoms with Gasteiger partial charge >= 0.3 is 5.97 Å². The van der Waals surface area contributed by atoms with Crippen LogP contribution in [0.3, 0.4) is 0 Å². The Morgan fingerprint density at radius 2 is 1.65 bits per heavy atom. The lowest BCUT2D eigenvalue weighted by Gasteiger charge is -2.33. The maximum absolute atomic E-state index is 13.4. The van der Waals surface area contributed by atoms with Crippen molar-refractivity contribution < 1.29 is 23.9 Å². The van der Waals surface area contributed by atoms with Gasteiger partial charge in [0, 0.05) is 21.0 Å². The van der Waals surface area contributed by atoms with Gasteiger partial charge in [0.2, 0.25) is 5.91 Å². The second kappa shape index (κ2) is 15.5. The number of ether oxygens (including phenoxy) is 1. The fourth-order valence-electron chi connectivity index (χ4n) is 5.56. The molecule has 4 aromatic rings. The topological polar surface area (TPSA) is 114 Å². The van der Waals surface area contributed by atoms with Crippen LogP contribution in [-0.2, 0) is 27.2 Å². The number of esters is 1. The number of thiophene rings is 1. The van der Waals surface area contributed by atoms with Gasteiger partial charge in [0.05, 0.1) is 18.4 Å². The SMILES string of the molecule is COC(=O)c1c(NC(=O)CSc2cccc(NC(=O)/C(=C/c3ccccc3)NC(=O)c3ccccc3)c2)sc2c1CCC(C(C)(C)C)C2. The van der Waals surface area contributed by atoms with E-state index in [0.29, 0.717) is 27.7 Å². The summed E-state index contributed by atoms with van der Waals surface area (Å²) < 4.78 is 5.09. The summed E-state index contributed by atoms with van der Waals surface area (Å²) in [5.74, 6) is -0.993. The number of rotatable bonds is 10. The third-order valence-electron chi connectivity index (χ3n) is 8.23. The van der Waals surface area contributed by atoms with E-state index in [2.05, 4.69) is 36.7 Å². The van der Waals surface area contributed by atoms with Crippen LogP contribution in [0.15, 0.2) is 95.5 Å². The first-order valence-corrected chi connectivity index (χ1v) is 17.5. The maximum Gasteiger partial charge on any atom is 0.341 e. The number of thioether (sulfide) groups is 1. The second-order valence-corrected chi connectivity index (χ2v) is 14.8. The Bertz CT molecular complexity index is 1830. The highest BCUT2D eigenvalue weighted by atomic mass is 32.2. The Morgan fingerprint density at radius 3 is 2.33 bits per heavy atom. The van der Waals surface area contributed by atoms with Crippen molar-refractivity contribution in [3.8, 4) is 0 Å². The molecule has 48 heavy (non-hydrogen) atoms. The molecule has 0 saturated carbocycles. The van der Waals surface area contributed by atoms with E-state index >= 15 is 0 Å². The minimum Gasteiger partial charge on any atom is -0.465 e. The molecule has 0 saturated heterocycles. The predicted molar refractivity (Wildman–Crippen MR) is 193 cm³/mol. The van der Waals surface area contributed by atoms with Gasteiger partial charge in [-0.1, -0.05) is 75.4 Å². The molecule has 3 N–H and O–H groups in total. The van der Waals surface area contributed by atoms with E-state index in [1.165, 1.54) is 30.2 Å². The molecule has 0 spiro atoms. The van der Waals surface area contributed by atoms with Gasteiger partial charge in [-0.25, -0.2) is 4.79 Å². The maximum atomic E-state index is 13.4. The van der Waals surface area contributed by atoms with Crippen molar-refractivity contribution in [2.75, 3.05) is 23.5 Å².